The standard InChI is InChI=1S/C12H13N3O/c1-12-9(7-10(16)13-12)14-15-11(12)8-5-3-2-4-6-8/h2-6,9,14H,7H2,1H3,(H,13,16). The third kappa shape index (κ3) is 1.16. The summed E-state index contributed by atoms with van der Waals surface area (Å²) in [7, 11) is 0. The van der Waals surface area contributed by atoms with Crippen molar-refractivity contribution in [3.05, 3.63) is 35.9 Å². The maximum Gasteiger partial charge on any atom is 0.223 e. The molecule has 4 nitrogen and oxygen atoms in total. The predicted octanol–water partition coefficient (Wildman–Crippen LogP) is 0.641. The highest BCUT2D eigenvalue weighted by molar-refractivity contribution is 6.11. The Hall–Kier alpha value is -1.84. The Morgan fingerprint density at radius 2 is 2.12 bits per heavy atom. The van der Waals surface area contributed by atoms with Crippen LogP contribution in [0.2, 0.25) is 0 Å². The van der Waals surface area contributed by atoms with Crippen molar-refractivity contribution in [3.63, 3.8) is 0 Å². The molecule has 1 aromatic rings. The van der Waals surface area contributed by atoms with Gasteiger partial charge in [0.2, 0.25) is 5.91 Å². The van der Waals surface area contributed by atoms with Gasteiger partial charge in [-0.25, -0.2) is 0 Å². The first kappa shape index (κ1) is 9.39. The Morgan fingerprint density at radius 3 is 2.88 bits per heavy atom. The van der Waals surface area contributed by atoms with Crippen LogP contribution in [0, 0.1) is 0 Å². The van der Waals surface area contributed by atoms with Crippen LogP contribution in [0.3, 0.4) is 0 Å². The van der Waals surface area contributed by atoms with E-state index in [1.54, 1.807) is 0 Å². The fourth-order valence-electron chi connectivity index (χ4n) is 2.44. The number of hydrogen-bond donors (Lipinski definition) is 2. The average molecular weight is 215 g/mol. The van der Waals surface area contributed by atoms with E-state index in [9.17, 15) is 4.79 Å². The highest BCUT2D eigenvalue weighted by Gasteiger charge is 2.50. The second-order valence-corrected chi connectivity index (χ2v) is 4.46. The molecule has 2 N–H and O–H groups in total. The molecule has 0 saturated carbocycles. The zero-order valence-corrected chi connectivity index (χ0v) is 9.03. The molecule has 0 aromatic heterocycles. The Labute approximate surface area is 93.7 Å². The molecule has 4 heteroatoms. The van der Waals surface area contributed by atoms with E-state index < -0.39 is 0 Å². The van der Waals surface area contributed by atoms with Crippen LogP contribution in [-0.4, -0.2) is 23.2 Å². The molecule has 0 radical (unpaired) electrons. The topological polar surface area (TPSA) is 53.5 Å². The number of amides is 1. The maximum absolute atomic E-state index is 11.4. The van der Waals surface area contributed by atoms with Crippen LogP contribution >= 0.6 is 0 Å². The number of nitrogens with zero attached hydrogens (tertiary/aromatic N) is 1. The van der Waals surface area contributed by atoms with Gasteiger partial charge in [0.1, 0.15) is 5.54 Å². The summed E-state index contributed by atoms with van der Waals surface area (Å²) in [5.74, 6) is 0.0864. The monoisotopic (exact) mass is 215 g/mol. The Bertz CT molecular complexity index is 468. The van der Waals surface area contributed by atoms with Gasteiger partial charge in [0.05, 0.1) is 18.2 Å². The average Bonchev–Trinajstić information content (AvgIpc) is 2.71. The van der Waals surface area contributed by atoms with Gasteiger partial charge in [-0.3, -0.25) is 4.79 Å². The van der Waals surface area contributed by atoms with Crippen LogP contribution in [0.5, 0.6) is 0 Å². The minimum absolute atomic E-state index is 0.0789. The minimum atomic E-state index is -0.363. The van der Waals surface area contributed by atoms with E-state index in [0.29, 0.717) is 6.42 Å². The second kappa shape index (κ2) is 3.07. The van der Waals surface area contributed by atoms with Crippen molar-refractivity contribution in [2.75, 3.05) is 0 Å². The zero-order valence-electron chi connectivity index (χ0n) is 9.03. The number of rotatable bonds is 1. The quantitative estimate of drug-likeness (QED) is 0.722. The molecule has 2 unspecified atom stereocenters. The van der Waals surface area contributed by atoms with E-state index >= 15 is 0 Å². The largest absolute Gasteiger partial charge is 0.343 e. The molecule has 1 aromatic carbocycles. The molecule has 82 valence electrons. The SMILES string of the molecule is CC12NC(=O)CC1NN=C2c1ccccc1. The number of benzene rings is 1. The molecular weight excluding hydrogens is 202 g/mol. The predicted molar refractivity (Wildman–Crippen MR) is 61.1 cm³/mol. The molecule has 1 amide bonds. The lowest BCUT2D eigenvalue weighted by Crippen LogP contribution is -2.51. The lowest BCUT2D eigenvalue weighted by atomic mass is 9.87. The summed E-state index contributed by atoms with van der Waals surface area (Å²) < 4.78 is 0. The lowest BCUT2D eigenvalue weighted by molar-refractivity contribution is -0.119. The molecule has 1 fully saturated rings. The molecule has 0 aliphatic carbocycles. The number of hydrogen-bond acceptors (Lipinski definition) is 3. The van der Waals surface area contributed by atoms with Gasteiger partial charge in [0.25, 0.3) is 0 Å². The first-order chi connectivity index (χ1) is 7.70. The van der Waals surface area contributed by atoms with Gasteiger partial charge < -0.3 is 10.7 Å². The van der Waals surface area contributed by atoms with E-state index in [1.807, 2.05) is 37.3 Å². The van der Waals surface area contributed by atoms with Crippen LogP contribution in [0.4, 0.5) is 0 Å². The first-order valence-electron chi connectivity index (χ1n) is 5.40. The molecule has 2 heterocycles. The van der Waals surface area contributed by atoms with Crippen LogP contribution in [0.25, 0.3) is 0 Å². The molecule has 2 aliphatic heterocycles. The van der Waals surface area contributed by atoms with Crippen LogP contribution in [0.15, 0.2) is 35.4 Å². The third-order valence-electron chi connectivity index (χ3n) is 3.36. The van der Waals surface area contributed by atoms with E-state index in [1.165, 1.54) is 0 Å². The van der Waals surface area contributed by atoms with E-state index in [-0.39, 0.29) is 17.5 Å². The van der Waals surface area contributed by atoms with Crippen LogP contribution < -0.4 is 10.7 Å². The highest BCUT2D eigenvalue weighted by Crippen LogP contribution is 2.29. The van der Waals surface area contributed by atoms with Gasteiger partial charge in [-0.2, -0.15) is 5.10 Å². The van der Waals surface area contributed by atoms with Crippen LogP contribution in [-0.2, 0) is 4.79 Å². The van der Waals surface area contributed by atoms with Crippen molar-refractivity contribution in [1.29, 1.82) is 0 Å². The summed E-state index contributed by atoms with van der Waals surface area (Å²) in [6.45, 7) is 2.02. The number of hydrazone groups is 1. The summed E-state index contributed by atoms with van der Waals surface area (Å²) in [6.07, 6.45) is 0.496. The number of carbonyl (C=O) groups is 1. The Balaban J connectivity index is 2.02. The van der Waals surface area contributed by atoms with Crippen molar-refractivity contribution >= 4 is 11.6 Å². The summed E-state index contributed by atoms with van der Waals surface area (Å²) in [6, 6.07) is 10.0. The Kier molecular flexibility index (Phi) is 1.80. The summed E-state index contributed by atoms with van der Waals surface area (Å²) >= 11 is 0. The summed E-state index contributed by atoms with van der Waals surface area (Å²) in [4.78, 5) is 11.4. The Morgan fingerprint density at radius 1 is 1.38 bits per heavy atom. The van der Waals surface area contributed by atoms with Gasteiger partial charge in [-0.15, -0.1) is 0 Å². The number of nitrogens with one attached hydrogen (secondary N) is 2. The van der Waals surface area contributed by atoms with E-state index in [4.69, 9.17) is 0 Å². The van der Waals surface area contributed by atoms with Gasteiger partial charge in [-0.05, 0) is 6.92 Å². The van der Waals surface area contributed by atoms with Crippen LogP contribution in [0.1, 0.15) is 18.9 Å². The fraction of sp³-hybridized carbons (Fsp3) is 0.333. The van der Waals surface area contributed by atoms with Gasteiger partial charge >= 0.3 is 0 Å². The maximum atomic E-state index is 11.4. The van der Waals surface area contributed by atoms with Crippen molar-refractivity contribution in [1.82, 2.24) is 10.7 Å². The van der Waals surface area contributed by atoms with Gasteiger partial charge in [0.15, 0.2) is 0 Å². The van der Waals surface area contributed by atoms with Crippen molar-refractivity contribution in [2.45, 2.75) is 24.9 Å². The van der Waals surface area contributed by atoms with Crippen molar-refractivity contribution < 1.29 is 4.79 Å². The second-order valence-electron chi connectivity index (χ2n) is 4.46. The summed E-state index contributed by atoms with van der Waals surface area (Å²) in [5.41, 5.74) is 4.66. The van der Waals surface area contributed by atoms with Gasteiger partial charge in [-0.1, -0.05) is 30.3 Å². The zero-order chi connectivity index (χ0) is 11.2. The van der Waals surface area contributed by atoms with E-state index in [0.717, 1.165) is 11.3 Å². The smallest absolute Gasteiger partial charge is 0.223 e. The van der Waals surface area contributed by atoms with Gasteiger partial charge in [0, 0.05) is 5.56 Å². The van der Waals surface area contributed by atoms with Crippen molar-refractivity contribution in [3.8, 4) is 0 Å². The lowest BCUT2D eigenvalue weighted by Gasteiger charge is -2.24. The third-order valence-corrected chi connectivity index (χ3v) is 3.36. The molecule has 1 saturated heterocycles. The van der Waals surface area contributed by atoms with E-state index in [2.05, 4.69) is 15.8 Å². The fourth-order valence-corrected chi connectivity index (χ4v) is 2.44. The molecule has 3 rings (SSSR count). The molecular formula is C12H13N3O. The number of carbonyl (C=O) groups excluding carboxylic acids is 1. The molecule has 16 heavy (non-hydrogen) atoms. The minimum Gasteiger partial charge on any atom is -0.343 e. The molecule has 2 atom stereocenters. The molecule has 2 aliphatic rings. The summed E-state index contributed by atoms with van der Waals surface area (Å²) in [5, 5.41) is 7.36. The number of fused-ring (bicyclic) bond motifs is 1. The molecule has 0 spiro atoms. The first-order valence-corrected chi connectivity index (χ1v) is 5.40. The normalized spacial score (nSPS) is 31.7. The molecule has 0 bridgehead atoms. The van der Waals surface area contributed by atoms with Crippen molar-refractivity contribution in [2.24, 2.45) is 5.10 Å². The highest BCUT2D eigenvalue weighted by atomic mass is 16.2.